The molecule has 3 aromatic rings. The first-order chi connectivity index (χ1) is 16.3. The topological polar surface area (TPSA) is 82.8 Å². The highest BCUT2D eigenvalue weighted by atomic mass is 35.5. The zero-order valence-electron chi connectivity index (χ0n) is 20.0. The van der Waals surface area contributed by atoms with Gasteiger partial charge in [-0.3, -0.25) is 19.8 Å². The second-order valence-electron chi connectivity index (χ2n) is 8.81. The predicted octanol–water partition coefficient (Wildman–Crippen LogP) is 5.79. The maximum Gasteiger partial charge on any atom is 0.293 e. The monoisotopic (exact) mass is 537 g/mol. The Kier molecular flexibility index (Phi) is 8.93. The molecule has 1 amide bonds. The number of nitro benzene ring substituents is 1. The smallest absolute Gasteiger partial charge is 0.293 e. The van der Waals surface area contributed by atoms with Crippen LogP contribution in [0.2, 0.25) is 5.02 Å². The number of nitrogens with zero attached hydrogens (tertiary/aromatic N) is 5. The van der Waals surface area contributed by atoms with Crippen LogP contribution in [0.15, 0.2) is 30.3 Å². The summed E-state index contributed by atoms with van der Waals surface area (Å²) in [5.74, 6) is -0.317. The first kappa shape index (κ1) is 27.1. The standard InChI is InChI=1S/C24H28ClN5O3S.ClH/c1-16-7-9-18(25)22-21(16)26-24(34-22)29(14-13-27(2)3)23(31)17-8-10-19(20(15-17)30(32)33)28-11-5-4-6-12-28;/h7-10,15H,4-6,11-14H2,1-3H3;1H. The number of hydrogen-bond donors (Lipinski definition) is 0. The zero-order chi connectivity index (χ0) is 24.4. The van der Waals surface area contributed by atoms with Gasteiger partial charge in [-0.25, -0.2) is 4.98 Å². The van der Waals surface area contributed by atoms with Crippen molar-refractivity contribution in [3.63, 3.8) is 0 Å². The summed E-state index contributed by atoms with van der Waals surface area (Å²) < 4.78 is 0.825. The SMILES string of the molecule is Cc1ccc(Cl)c2sc(N(CCN(C)C)C(=O)c3ccc(N4CCCCC4)c([N+](=O)[O-])c3)nc12.Cl. The lowest BCUT2D eigenvalue weighted by molar-refractivity contribution is -0.384. The van der Waals surface area contributed by atoms with Crippen molar-refractivity contribution in [1.29, 1.82) is 0 Å². The second kappa shape index (κ2) is 11.5. The van der Waals surface area contributed by atoms with E-state index in [1.54, 1.807) is 17.0 Å². The molecule has 35 heavy (non-hydrogen) atoms. The van der Waals surface area contributed by atoms with Crippen molar-refractivity contribution in [2.45, 2.75) is 26.2 Å². The van der Waals surface area contributed by atoms with E-state index >= 15 is 0 Å². The Morgan fingerprint density at radius 2 is 1.89 bits per heavy atom. The molecule has 0 saturated carbocycles. The van der Waals surface area contributed by atoms with Crippen LogP contribution >= 0.6 is 35.3 Å². The molecule has 0 bridgehead atoms. The first-order valence-corrected chi connectivity index (χ1v) is 12.5. The number of carbonyl (C=O) groups is 1. The largest absolute Gasteiger partial charge is 0.366 e. The minimum atomic E-state index is -0.397. The van der Waals surface area contributed by atoms with Gasteiger partial charge in [0.2, 0.25) is 0 Å². The number of piperidine rings is 1. The molecule has 1 saturated heterocycles. The van der Waals surface area contributed by atoms with Crippen molar-refractivity contribution in [1.82, 2.24) is 9.88 Å². The number of aryl methyl sites for hydroxylation is 1. The van der Waals surface area contributed by atoms with Crippen molar-refractivity contribution in [2.75, 3.05) is 50.1 Å². The molecule has 2 aromatic carbocycles. The number of hydrogen-bond acceptors (Lipinski definition) is 7. The molecule has 0 unspecified atom stereocenters. The average Bonchev–Trinajstić information content (AvgIpc) is 3.28. The molecule has 11 heteroatoms. The van der Waals surface area contributed by atoms with Crippen LogP contribution in [0, 0.1) is 17.0 Å². The van der Waals surface area contributed by atoms with Crippen molar-refractivity contribution < 1.29 is 9.72 Å². The van der Waals surface area contributed by atoms with Crippen molar-refractivity contribution in [3.05, 3.63) is 56.6 Å². The molecule has 8 nitrogen and oxygen atoms in total. The number of aromatic nitrogens is 1. The summed E-state index contributed by atoms with van der Waals surface area (Å²) in [6.07, 6.45) is 3.15. The molecular formula is C24H29Cl2N5O3S. The summed E-state index contributed by atoms with van der Waals surface area (Å²) in [6, 6.07) is 8.53. The number of thiazole rings is 1. The van der Waals surface area contributed by atoms with Crippen molar-refractivity contribution >= 4 is 68.0 Å². The number of anilines is 2. The van der Waals surface area contributed by atoms with Crippen LogP contribution in [0.1, 0.15) is 35.2 Å². The fourth-order valence-corrected chi connectivity index (χ4v) is 5.49. The Bertz CT molecular complexity index is 1190. The minimum absolute atomic E-state index is 0. The van der Waals surface area contributed by atoms with Crippen LogP contribution in [-0.2, 0) is 0 Å². The minimum Gasteiger partial charge on any atom is -0.366 e. The van der Waals surface area contributed by atoms with Gasteiger partial charge in [-0.2, -0.15) is 0 Å². The highest BCUT2D eigenvalue weighted by Crippen LogP contribution is 2.37. The number of fused-ring (bicyclic) bond motifs is 1. The Balaban J connectivity index is 0.00000342. The Hall–Kier alpha value is -2.46. The highest BCUT2D eigenvalue weighted by Gasteiger charge is 2.27. The fourth-order valence-electron chi connectivity index (χ4n) is 4.15. The van der Waals surface area contributed by atoms with Gasteiger partial charge >= 0.3 is 0 Å². The summed E-state index contributed by atoms with van der Waals surface area (Å²) in [5.41, 5.74) is 2.55. The quantitative estimate of drug-likeness (QED) is 0.280. The van der Waals surface area contributed by atoms with E-state index in [2.05, 4.69) is 0 Å². The van der Waals surface area contributed by atoms with E-state index in [-0.39, 0.29) is 29.6 Å². The normalized spacial score (nSPS) is 13.7. The predicted molar refractivity (Wildman–Crippen MR) is 146 cm³/mol. The lowest BCUT2D eigenvalue weighted by atomic mass is 10.1. The van der Waals surface area contributed by atoms with E-state index in [0.29, 0.717) is 28.9 Å². The van der Waals surface area contributed by atoms with E-state index in [9.17, 15) is 14.9 Å². The van der Waals surface area contributed by atoms with Gasteiger partial charge in [-0.05, 0) is 64.0 Å². The van der Waals surface area contributed by atoms with Crippen molar-refractivity contribution in [2.24, 2.45) is 0 Å². The van der Waals surface area contributed by atoms with Crippen LogP contribution in [0.5, 0.6) is 0 Å². The van der Waals surface area contributed by atoms with Gasteiger partial charge in [-0.1, -0.05) is 29.0 Å². The van der Waals surface area contributed by atoms with Gasteiger partial charge in [0, 0.05) is 37.8 Å². The number of rotatable bonds is 7. The molecule has 1 fully saturated rings. The summed E-state index contributed by atoms with van der Waals surface area (Å²) in [5, 5.41) is 13.0. The second-order valence-corrected chi connectivity index (χ2v) is 10.2. The third kappa shape index (κ3) is 5.86. The van der Waals surface area contributed by atoms with E-state index in [0.717, 1.165) is 48.1 Å². The highest BCUT2D eigenvalue weighted by molar-refractivity contribution is 7.23. The molecule has 0 spiro atoms. The summed E-state index contributed by atoms with van der Waals surface area (Å²) in [7, 11) is 3.86. The molecule has 0 aliphatic carbocycles. The lowest BCUT2D eigenvalue weighted by Crippen LogP contribution is -2.37. The van der Waals surface area contributed by atoms with Gasteiger partial charge < -0.3 is 9.80 Å². The number of likely N-dealkylation sites (N-methyl/N-ethyl adjacent to an activating group) is 1. The first-order valence-electron chi connectivity index (χ1n) is 11.3. The van der Waals surface area contributed by atoms with Crippen LogP contribution in [0.25, 0.3) is 10.2 Å². The van der Waals surface area contributed by atoms with Gasteiger partial charge in [0.15, 0.2) is 5.13 Å². The Morgan fingerprint density at radius 3 is 2.51 bits per heavy atom. The number of nitro groups is 1. The number of carbonyl (C=O) groups excluding carboxylic acids is 1. The van der Waals surface area contributed by atoms with Gasteiger partial charge in [0.25, 0.3) is 11.6 Å². The molecule has 4 rings (SSSR count). The molecule has 0 radical (unpaired) electrons. The fraction of sp³-hybridized carbons (Fsp3) is 0.417. The van der Waals surface area contributed by atoms with Gasteiger partial charge in [0.1, 0.15) is 5.69 Å². The van der Waals surface area contributed by atoms with E-state index in [1.807, 2.05) is 43.0 Å². The Labute approximate surface area is 220 Å². The maximum absolute atomic E-state index is 13.7. The number of amides is 1. The molecule has 2 heterocycles. The molecular weight excluding hydrogens is 509 g/mol. The summed E-state index contributed by atoms with van der Waals surface area (Å²) in [6.45, 7) is 4.53. The average molecular weight is 539 g/mol. The molecule has 188 valence electrons. The van der Waals surface area contributed by atoms with Gasteiger partial charge in [-0.15, -0.1) is 12.4 Å². The van der Waals surface area contributed by atoms with Crippen LogP contribution in [0.4, 0.5) is 16.5 Å². The van der Waals surface area contributed by atoms with E-state index < -0.39 is 4.92 Å². The molecule has 0 N–H and O–H groups in total. The molecule has 1 aliphatic heterocycles. The van der Waals surface area contributed by atoms with Gasteiger partial charge in [0.05, 0.1) is 20.2 Å². The lowest BCUT2D eigenvalue weighted by Gasteiger charge is -2.28. The zero-order valence-corrected chi connectivity index (χ0v) is 22.4. The van der Waals surface area contributed by atoms with Crippen LogP contribution < -0.4 is 9.80 Å². The number of halogens is 2. The van der Waals surface area contributed by atoms with Crippen LogP contribution in [-0.4, -0.2) is 61.0 Å². The summed E-state index contributed by atoms with van der Waals surface area (Å²) >= 11 is 7.76. The molecule has 0 atom stereocenters. The molecule has 1 aliphatic rings. The number of benzene rings is 2. The third-order valence-electron chi connectivity index (χ3n) is 6.05. The third-order valence-corrected chi connectivity index (χ3v) is 7.59. The van der Waals surface area contributed by atoms with E-state index in [1.165, 1.54) is 17.4 Å². The Morgan fingerprint density at radius 1 is 1.17 bits per heavy atom. The van der Waals surface area contributed by atoms with Crippen molar-refractivity contribution in [3.8, 4) is 0 Å². The van der Waals surface area contributed by atoms with Crippen LogP contribution in [0.3, 0.4) is 0 Å². The maximum atomic E-state index is 13.7. The summed E-state index contributed by atoms with van der Waals surface area (Å²) in [4.78, 5) is 35.5. The molecule has 1 aromatic heterocycles. The van der Waals surface area contributed by atoms with E-state index in [4.69, 9.17) is 16.6 Å².